The lowest BCUT2D eigenvalue weighted by molar-refractivity contribution is -0.140. The smallest absolute Gasteiger partial charge is 0.369 e. The number of aryl methyl sites for hydroxylation is 1. The van der Waals surface area contributed by atoms with Gasteiger partial charge >= 0.3 is 11.9 Å². The normalized spacial score (nSPS) is 21.9. The molecule has 10 nitrogen and oxygen atoms in total. The molecule has 3 N–H and O–H groups in total. The number of alkyl halides is 4. The molecule has 4 aromatic rings. The maximum absolute atomic E-state index is 13.8. The van der Waals surface area contributed by atoms with Crippen LogP contribution in [-0.2, 0) is 23.4 Å². The maximum atomic E-state index is 13.8. The zero-order valence-electron chi connectivity index (χ0n) is 22.0. The fourth-order valence-corrected chi connectivity index (χ4v) is 4.57. The lowest BCUT2D eigenvalue weighted by Gasteiger charge is -2.39. The van der Waals surface area contributed by atoms with Crippen molar-refractivity contribution in [2.75, 3.05) is 5.32 Å². The van der Waals surface area contributed by atoms with Gasteiger partial charge in [-0.1, -0.05) is 0 Å². The first kappa shape index (κ1) is 20.2. The first-order valence-corrected chi connectivity index (χ1v) is 10.9. The quantitative estimate of drug-likeness (QED) is 0.399. The Hall–Kier alpha value is -3.97. The van der Waals surface area contributed by atoms with Crippen LogP contribution in [-0.4, -0.2) is 40.8 Å². The van der Waals surface area contributed by atoms with Crippen LogP contribution < -0.4 is 16.7 Å². The molecular weight excluding hydrogens is 484 g/mol. The van der Waals surface area contributed by atoms with Crippen LogP contribution in [0.25, 0.3) is 16.6 Å². The molecule has 1 fully saturated rings. The van der Waals surface area contributed by atoms with E-state index in [-0.39, 0.29) is 22.7 Å². The zero-order chi connectivity index (χ0) is 28.7. The molecule has 1 aliphatic carbocycles. The van der Waals surface area contributed by atoms with Crippen molar-refractivity contribution in [3.05, 3.63) is 46.4 Å². The number of imidazole rings is 2. The van der Waals surface area contributed by atoms with E-state index in [1.165, 1.54) is 22.9 Å². The first-order chi connectivity index (χ1) is 18.0. The van der Waals surface area contributed by atoms with Gasteiger partial charge in [-0.25, -0.2) is 23.7 Å². The fraction of sp³-hybridized carbons (Fsp3) is 0.409. The molecule has 0 unspecified atom stereocenters. The van der Waals surface area contributed by atoms with Gasteiger partial charge < -0.3 is 11.1 Å². The maximum Gasteiger partial charge on any atom is 0.435 e. The molecule has 36 heavy (non-hydrogen) atoms. The van der Waals surface area contributed by atoms with E-state index < -0.39 is 72.3 Å². The largest absolute Gasteiger partial charge is 0.435 e. The molecular formula is C22H22F4N8O2. The van der Waals surface area contributed by atoms with Crippen LogP contribution in [0, 0.1) is 0 Å². The third-order valence-corrected chi connectivity index (χ3v) is 6.34. The summed E-state index contributed by atoms with van der Waals surface area (Å²) in [5.41, 5.74) is 1.50. The molecule has 1 saturated carbocycles. The Labute approximate surface area is 204 Å². The minimum atomic E-state index is -4.89. The SMILES string of the molecule is [2H]C([2H])([2H])n1c(=O)n(C(C)C)c2cc(Nc3ccc4c(C(F)(F)F)nc(C5(C(N)=O)CC(F)C5)n4n3)ncc21. The molecule has 0 radical (unpaired) electrons. The highest BCUT2D eigenvalue weighted by molar-refractivity contribution is 5.87. The third kappa shape index (κ3) is 3.42. The lowest BCUT2D eigenvalue weighted by atomic mass is 9.66. The number of nitrogens with two attached hydrogens (primary N) is 1. The predicted octanol–water partition coefficient (Wildman–Crippen LogP) is 2.98. The summed E-state index contributed by atoms with van der Waals surface area (Å²) in [5.74, 6) is -1.37. The van der Waals surface area contributed by atoms with Crippen LogP contribution in [0.4, 0.5) is 29.2 Å². The fourth-order valence-electron chi connectivity index (χ4n) is 4.57. The van der Waals surface area contributed by atoms with Crippen molar-refractivity contribution >= 4 is 34.1 Å². The zero-order valence-corrected chi connectivity index (χ0v) is 19.0. The molecule has 0 aliphatic heterocycles. The molecule has 4 heterocycles. The standard InChI is InChI=1S/C22H22F4N8O2/c1-10(2)33-13-6-16(28-9-14(13)32(3)20(33)36)29-15-5-4-12-17(22(24,25)26)30-19(34(12)31-15)21(18(27)35)7-11(23)8-21/h4-6,9-11H,7-8H2,1-3H3,(H2,27,35)(H,28,29,31)/i3D3. The molecule has 5 rings (SSSR count). The number of hydrogen-bond donors (Lipinski definition) is 2. The number of carbonyl (C=O) groups is 1. The number of nitrogens with zero attached hydrogens (tertiary/aromatic N) is 6. The molecule has 0 saturated heterocycles. The van der Waals surface area contributed by atoms with Crippen molar-refractivity contribution in [3.8, 4) is 0 Å². The van der Waals surface area contributed by atoms with Crippen LogP contribution in [0.15, 0.2) is 29.2 Å². The molecule has 4 aromatic heterocycles. The highest BCUT2D eigenvalue weighted by Gasteiger charge is 2.55. The lowest BCUT2D eigenvalue weighted by Crippen LogP contribution is -2.53. The summed E-state index contributed by atoms with van der Waals surface area (Å²) < 4.78 is 81.0. The highest BCUT2D eigenvalue weighted by Crippen LogP contribution is 2.46. The van der Waals surface area contributed by atoms with Crippen LogP contribution >= 0.6 is 0 Å². The second kappa shape index (κ2) is 7.77. The number of fused-ring (bicyclic) bond motifs is 2. The Kier molecular flexibility index (Phi) is 4.37. The third-order valence-electron chi connectivity index (χ3n) is 6.34. The van der Waals surface area contributed by atoms with Crippen LogP contribution in [0.1, 0.15) is 48.4 Å². The summed E-state index contributed by atoms with van der Waals surface area (Å²) in [4.78, 5) is 32.9. The summed E-state index contributed by atoms with van der Waals surface area (Å²) in [6.07, 6.45) is -5.99. The van der Waals surface area contributed by atoms with Gasteiger partial charge in [0, 0.05) is 36.0 Å². The summed E-state index contributed by atoms with van der Waals surface area (Å²) in [6.45, 7) is 0.635. The van der Waals surface area contributed by atoms with E-state index in [1.54, 1.807) is 13.8 Å². The van der Waals surface area contributed by atoms with Crippen molar-refractivity contribution in [1.82, 2.24) is 28.7 Å². The second-order valence-corrected chi connectivity index (χ2v) is 9.01. The van der Waals surface area contributed by atoms with Crippen LogP contribution in [0.3, 0.4) is 0 Å². The van der Waals surface area contributed by atoms with E-state index in [4.69, 9.17) is 9.85 Å². The number of hydrogen-bond acceptors (Lipinski definition) is 6. The summed E-state index contributed by atoms with van der Waals surface area (Å²) in [6, 6.07) is 3.31. The number of rotatable bonds is 5. The van der Waals surface area contributed by atoms with Crippen LogP contribution in [0.5, 0.6) is 0 Å². The highest BCUT2D eigenvalue weighted by atomic mass is 19.4. The minimum Gasteiger partial charge on any atom is -0.369 e. The van der Waals surface area contributed by atoms with Gasteiger partial charge in [-0.15, -0.1) is 5.10 Å². The Balaban J connectivity index is 1.64. The van der Waals surface area contributed by atoms with Crippen molar-refractivity contribution in [2.24, 2.45) is 12.7 Å². The second-order valence-electron chi connectivity index (χ2n) is 9.01. The van der Waals surface area contributed by atoms with E-state index >= 15 is 0 Å². The van der Waals surface area contributed by atoms with Gasteiger partial charge in [0.15, 0.2) is 11.5 Å². The number of halogens is 4. The van der Waals surface area contributed by atoms with Crippen molar-refractivity contribution in [2.45, 2.75) is 50.5 Å². The number of carbonyl (C=O) groups excluding carboxylic acids is 1. The van der Waals surface area contributed by atoms with Gasteiger partial charge in [0.2, 0.25) is 5.91 Å². The van der Waals surface area contributed by atoms with Crippen molar-refractivity contribution in [1.29, 1.82) is 0 Å². The number of anilines is 2. The van der Waals surface area contributed by atoms with Gasteiger partial charge in [0.25, 0.3) is 0 Å². The van der Waals surface area contributed by atoms with Gasteiger partial charge in [0.05, 0.1) is 22.7 Å². The molecule has 1 aliphatic rings. The van der Waals surface area contributed by atoms with Gasteiger partial charge in [-0.3, -0.25) is 13.9 Å². The summed E-state index contributed by atoms with van der Waals surface area (Å²) in [7, 11) is 0. The first-order valence-electron chi connectivity index (χ1n) is 12.4. The Morgan fingerprint density at radius 2 is 1.97 bits per heavy atom. The van der Waals surface area contributed by atoms with Crippen molar-refractivity contribution in [3.63, 3.8) is 0 Å². The predicted molar refractivity (Wildman–Crippen MR) is 122 cm³/mol. The molecule has 0 bridgehead atoms. The molecule has 0 atom stereocenters. The van der Waals surface area contributed by atoms with Crippen molar-refractivity contribution < 1.29 is 26.5 Å². The van der Waals surface area contributed by atoms with E-state index in [2.05, 4.69) is 20.4 Å². The van der Waals surface area contributed by atoms with Crippen LogP contribution in [0.2, 0.25) is 0 Å². The number of aromatic nitrogens is 6. The van der Waals surface area contributed by atoms with E-state index in [0.29, 0.717) is 4.57 Å². The number of amides is 1. The average molecular weight is 509 g/mol. The molecule has 1 amide bonds. The van der Waals surface area contributed by atoms with Gasteiger partial charge in [-0.2, -0.15) is 13.2 Å². The average Bonchev–Trinajstić information content (AvgIpc) is 3.30. The molecule has 0 spiro atoms. The Bertz CT molecular complexity index is 1680. The summed E-state index contributed by atoms with van der Waals surface area (Å²) >= 11 is 0. The topological polar surface area (TPSA) is 125 Å². The monoisotopic (exact) mass is 509 g/mol. The Morgan fingerprint density at radius 3 is 2.56 bits per heavy atom. The van der Waals surface area contributed by atoms with E-state index in [0.717, 1.165) is 10.6 Å². The van der Waals surface area contributed by atoms with Gasteiger partial charge in [-0.05, 0) is 26.0 Å². The summed E-state index contributed by atoms with van der Waals surface area (Å²) in [5, 5.41) is 6.98. The number of pyridine rings is 1. The Morgan fingerprint density at radius 1 is 1.25 bits per heavy atom. The van der Waals surface area contributed by atoms with E-state index in [1.807, 2.05) is 0 Å². The number of nitrogens with one attached hydrogen (secondary N) is 1. The number of primary amides is 1. The molecule has 190 valence electrons. The molecule has 14 heteroatoms. The van der Waals surface area contributed by atoms with E-state index in [9.17, 15) is 27.2 Å². The molecule has 0 aromatic carbocycles. The van der Waals surface area contributed by atoms with Gasteiger partial charge in [0.1, 0.15) is 23.2 Å². The minimum absolute atomic E-state index is 0.0221.